The van der Waals surface area contributed by atoms with Gasteiger partial charge in [-0.2, -0.15) is 0 Å². The van der Waals surface area contributed by atoms with Gasteiger partial charge in [0.25, 0.3) is 0 Å². The normalized spacial score (nSPS) is 12.2. The van der Waals surface area contributed by atoms with E-state index in [0.29, 0.717) is 27.5 Å². The average Bonchev–Trinajstić information content (AvgIpc) is 2.43. The monoisotopic (exact) mass is 435 g/mol. The minimum Gasteiger partial charge on any atom is -0.476 e. The van der Waals surface area contributed by atoms with E-state index in [-0.39, 0.29) is 0 Å². The van der Waals surface area contributed by atoms with Crippen molar-refractivity contribution < 1.29 is 14.3 Å². The van der Waals surface area contributed by atoms with E-state index in [1.807, 2.05) is 12.1 Å². The lowest BCUT2D eigenvalue weighted by molar-refractivity contribution is -0.150. The number of carbonyl (C=O) groups excluding carboxylic acids is 1. The van der Waals surface area contributed by atoms with Crippen molar-refractivity contribution in [2.45, 2.75) is 20.0 Å². The van der Waals surface area contributed by atoms with Gasteiger partial charge in [-0.25, -0.2) is 9.78 Å². The van der Waals surface area contributed by atoms with Crippen molar-refractivity contribution in [1.82, 2.24) is 4.98 Å². The summed E-state index contributed by atoms with van der Waals surface area (Å²) >= 11 is 12.8. The molecule has 0 aliphatic rings. The topological polar surface area (TPSA) is 48.4 Å². The summed E-state index contributed by atoms with van der Waals surface area (Å²) in [7, 11) is 0. The van der Waals surface area contributed by atoms with Crippen molar-refractivity contribution in [2.75, 3.05) is 6.61 Å². The van der Waals surface area contributed by atoms with Gasteiger partial charge in [-0.15, -0.1) is 0 Å². The van der Waals surface area contributed by atoms with Crippen LogP contribution < -0.4 is 4.74 Å². The smallest absolute Gasteiger partial charge is 0.347 e. The zero-order valence-corrected chi connectivity index (χ0v) is 15.3. The molecule has 0 saturated heterocycles. The highest BCUT2D eigenvalue weighted by molar-refractivity contribution is 9.11. The Bertz CT molecular complexity index is 693. The fourth-order valence-electron chi connectivity index (χ4n) is 1.77. The van der Waals surface area contributed by atoms with Gasteiger partial charge >= 0.3 is 5.97 Å². The second-order valence-corrected chi connectivity index (χ2v) is 6.31. The largest absolute Gasteiger partial charge is 0.476 e. The van der Waals surface area contributed by atoms with E-state index in [1.165, 1.54) is 0 Å². The number of rotatable bonds is 4. The maximum atomic E-state index is 11.7. The van der Waals surface area contributed by atoms with Crippen molar-refractivity contribution in [3.63, 3.8) is 0 Å². The van der Waals surface area contributed by atoms with E-state index in [4.69, 9.17) is 21.1 Å². The molecule has 0 amide bonds. The SMILES string of the molecule is CCOC(=O)C(C)Oc1c(Br)cc(Br)c2ccc(Cl)nc12. The lowest BCUT2D eigenvalue weighted by atomic mass is 10.2. The number of esters is 1. The Hall–Kier alpha value is -0.850. The summed E-state index contributed by atoms with van der Waals surface area (Å²) in [6.45, 7) is 3.68. The predicted molar refractivity (Wildman–Crippen MR) is 88.9 cm³/mol. The average molecular weight is 438 g/mol. The fraction of sp³-hybridized carbons (Fsp3) is 0.286. The molecule has 1 heterocycles. The van der Waals surface area contributed by atoms with Gasteiger partial charge in [0.05, 0.1) is 11.1 Å². The number of ether oxygens (including phenoxy) is 2. The molecule has 0 aliphatic heterocycles. The van der Waals surface area contributed by atoms with Gasteiger partial charge in [-0.05, 0) is 48.0 Å². The van der Waals surface area contributed by atoms with Crippen LogP contribution >= 0.6 is 43.5 Å². The standard InChI is InChI=1S/C14H12Br2ClNO3/c1-3-20-14(19)7(2)21-13-10(16)6-9(15)8-4-5-11(17)18-12(8)13/h4-7H,3H2,1-2H3. The van der Waals surface area contributed by atoms with Gasteiger partial charge in [0.1, 0.15) is 10.7 Å². The Kier molecular flexibility index (Phi) is 5.46. The maximum Gasteiger partial charge on any atom is 0.347 e. The summed E-state index contributed by atoms with van der Waals surface area (Å²) in [5.74, 6) is 0.0266. The molecule has 0 fully saturated rings. The second-order valence-electron chi connectivity index (χ2n) is 4.21. The number of nitrogens with zero attached hydrogens (tertiary/aromatic N) is 1. The molecule has 21 heavy (non-hydrogen) atoms. The highest BCUT2D eigenvalue weighted by Gasteiger charge is 2.20. The third-order valence-electron chi connectivity index (χ3n) is 2.72. The Balaban J connectivity index is 2.48. The Morgan fingerprint density at radius 1 is 1.38 bits per heavy atom. The molecule has 1 aromatic carbocycles. The Morgan fingerprint density at radius 3 is 2.76 bits per heavy atom. The molecular formula is C14H12Br2ClNO3. The van der Waals surface area contributed by atoms with E-state index in [2.05, 4.69) is 36.8 Å². The van der Waals surface area contributed by atoms with Gasteiger partial charge in [0, 0.05) is 9.86 Å². The molecule has 0 saturated carbocycles. The molecule has 7 heteroatoms. The first kappa shape index (κ1) is 16.5. The summed E-state index contributed by atoms with van der Waals surface area (Å²) in [4.78, 5) is 16.0. The van der Waals surface area contributed by atoms with Crippen LogP contribution in [0.15, 0.2) is 27.1 Å². The van der Waals surface area contributed by atoms with Crippen LogP contribution in [0.25, 0.3) is 10.9 Å². The van der Waals surface area contributed by atoms with E-state index in [0.717, 1.165) is 9.86 Å². The summed E-state index contributed by atoms with van der Waals surface area (Å²) in [5, 5.41) is 1.19. The quantitative estimate of drug-likeness (QED) is 0.512. The molecule has 1 atom stereocenters. The Morgan fingerprint density at radius 2 is 2.10 bits per heavy atom. The van der Waals surface area contributed by atoms with Crippen LogP contribution in [0.3, 0.4) is 0 Å². The minimum atomic E-state index is -0.744. The summed E-state index contributed by atoms with van der Waals surface area (Å²) in [6.07, 6.45) is -0.744. The first-order chi connectivity index (χ1) is 9.93. The summed E-state index contributed by atoms with van der Waals surface area (Å²) in [5.41, 5.74) is 0.569. The van der Waals surface area contributed by atoms with Crippen molar-refractivity contribution in [3.05, 3.63) is 32.3 Å². The molecule has 0 bridgehead atoms. The highest BCUT2D eigenvalue weighted by Crippen LogP contribution is 2.38. The van der Waals surface area contributed by atoms with E-state index >= 15 is 0 Å². The molecule has 2 aromatic rings. The third kappa shape index (κ3) is 3.67. The number of carbonyl (C=O) groups is 1. The summed E-state index contributed by atoms with van der Waals surface area (Å²) < 4.78 is 12.2. The molecule has 0 aliphatic carbocycles. The van der Waals surface area contributed by atoms with Crippen LogP contribution in [-0.2, 0) is 9.53 Å². The number of aromatic nitrogens is 1. The first-order valence-electron chi connectivity index (χ1n) is 6.21. The van der Waals surface area contributed by atoms with Gasteiger partial charge in [-0.1, -0.05) is 27.5 Å². The Labute approximate surface area is 144 Å². The molecule has 0 spiro atoms. The zero-order valence-electron chi connectivity index (χ0n) is 11.3. The first-order valence-corrected chi connectivity index (χ1v) is 8.18. The number of hydrogen-bond acceptors (Lipinski definition) is 4. The minimum absolute atomic E-state index is 0.304. The number of halogens is 3. The number of pyridine rings is 1. The molecule has 112 valence electrons. The third-order valence-corrected chi connectivity index (χ3v) is 4.17. The lowest BCUT2D eigenvalue weighted by Gasteiger charge is -2.16. The van der Waals surface area contributed by atoms with Crippen molar-refractivity contribution in [2.24, 2.45) is 0 Å². The lowest BCUT2D eigenvalue weighted by Crippen LogP contribution is -2.26. The molecule has 4 nitrogen and oxygen atoms in total. The molecule has 0 radical (unpaired) electrons. The second kappa shape index (κ2) is 6.94. The summed E-state index contributed by atoms with van der Waals surface area (Å²) in [6, 6.07) is 5.37. The van der Waals surface area contributed by atoms with Gasteiger partial charge < -0.3 is 9.47 Å². The molecule has 2 rings (SSSR count). The fourth-order valence-corrected chi connectivity index (χ4v) is 3.28. The molecule has 1 aromatic heterocycles. The zero-order chi connectivity index (χ0) is 15.6. The van der Waals surface area contributed by atoms with Gasteiger partial charge in [0.2, 0.25) is 0 Å². The van der Waals surface area contributed by atoms with Gasteiger partial charge in [-0.3, -0.25) is 0 Å². The van der Waals surface area contributed by atoms with E-state index in [1.54, 1.807) is 19.9 Å². The van der Waals surface area contributed by atoms with Gasteiger partial charge in [0.15, 0.2) is 11.9 Å². The van der Waals surface area contributed by atoms with Crippen LogP contribution in [0, 0.1) is 0 Å². The molecule has 0 N–H and O–H groups in total. The molecular weight excluding hydrogens is 425 g/mol. The van der Waals surface area contributed by atoms with E-state index < -0.39 is 12.1 Å². The van der Waals surface area contributed by atoms with E-state index in [9.17, 15) is 4.79 Å². The van der Waals surface area contributed by atoms with Crippen LogP contribution in [0.2, 0.25) is 5.15 Å². The predicted octanol–water partition coefficient (Wildman–Crippen LogP) is 4.74. The maximum absolute atomic E-state index is 11.7. The van der Waals surface area contributed by atoms with Crippen LogP contribution in [-0.4, -0.2) is 23.7 Å². The number of fused-ring (bicyclic) bond motifs is 1. The van der Waals surface area contributed by atoms with Crippen molar-refractivity contribution >= 4 is 60.3 Å². The number of benzene rings is 1. The highest BCUT2D eigenvalue weighted by atomic mass is 79.9. The van der Waals surface area contributed by atoms with Crippen molar-refractivity contribution in [3.8, 4) is 5.75 Å². The number of hydrogen-bond donors (Lipinski definition) is 0. The van der Waals surface area contributed by atoms with Crippen LogP contribution in [0.4, 0.5) is 0 Å². The van der Waals surface area contributed by atoms with Crippen LogP contribution in [0.5, 0.6) is 5.75 Å². The van der Waals surface area contributed by atoms with Crippen molar-refractivity contribution in [1.29, 1.82) is 0 Å². The van der Waals surface area contributed by atoms with Crippen LogP contribution in [0.1, 0.15) is 13.8 Å². The molecule has 1 unspecified atom stereocenters.